The molecule has 0 radical (unpaired) electrons. The van der Waals surface area contributed by atoms with Gasteiger partial charge in [-0.25, -0.2) is 0 Å². The molecular formula is C22H21BrCl2N4OS. The minimum Gasteiger partial charge on any atom is -0.325 e. The normalized spacial score (nSPS) is 11.0. The Kier molecular flexibility index (Phi) is 8.22. The van der Waals surface area contributed by atoms with Crippen LogP contribution in [0.5, 0.6) is 0 Å². The second-order valence-corrected chi connectivity index (χ2v) is 9.75. The Bertz CT molecular complexity index is 1120. The first kappa shape index (κ1) is 23.9. The van der Waals surface area contributed by atoms with Crippen LogP contribution in [0.3, 0.4) is 0 Å². The molecule has 0 aliphatic heterocycles. The zero-order chi connectivity index (χ0) is 22.5. The second kappa shape index (κ2) is 10.7. The summed E-state index contributed by atoms with van der Waals surface area (Å²) < 4.78 is 2.86. The molecule has 0 aliphatic rings. The van der Waals surface area contributed by atoms with Gasteiger partial charge in [0.15, 0.2) is 11.0 Å². The summed E-state index contributed by atoms with van der Waals surface area (Å²) >= 11 is 17.1. The SMILES string of the molecule is C=CCn1c(SCC(=O)Nc2ccc(Br)cc2C(C)C)nnc1-c1ccc(Cl)cc1Cl. The number of amides is 1. The first-order valence-electron chi connectivity index (χ1n) is 9.51. The van der Waals surface area contributed by atoms with Crippen LogP contribution < -0.4 is 5.32 Å². The van der Waals surface area contributed by atoms with Gasteiger partial charge in [0, 0.05) is 27.3 Å². The van der Waals surface area contributed by atoms with Gasteiger partial charge >= 0.3 is 0 Å². The maximum atomic E-state index is 12.6. The molecule has 0 bridgehead atoms. The van der Waals surface area contributed by atoms with Gasteiger partial charge in [0.25, 0.3) is 0 Å². The summed E-state index contributed by atoms with van der Waals surface area (Å²) in [6, 6.07) is 11.1. The number of aromatic nitrogens is 3. The summed E-state index contributed by atoms with van der Waals surface area (Å²) in [7, 11) is 0. The number of halogens is 3. The van der Waals surface area contributed by atoms with E-state index in [2.05, 4.69) is 51.9 Å². The van der Waals surface area contributed by atoms with E-state index in [1.54, 1.807) is 24.3 Å². The fraction of sp³-hybridized carbons (Fsp3) is 0.227. The van der Waals surface area contributed by atoms with Crippen LogP contribution in [0.2, 0.25) is 10.0 Å². The molecule has 0 atom stereocenters. The zero-order valence-corrected chi connectivity index (χ0v) is 20.9. The van der Waals surface area contributed by atoms with E-state index >= 15 is 0 Å². The summed E-state index contributed by atoms with van der Waals surface area (Å²) in [5, 5.41) is 13.2. The van der Waals surface area contributed by atoms with Gasteiger partial charge in [-0.15, -0.1) is 16.8 Å². The number of rotatable bonds is 8. The van der Waals surface area contributed by atoms with Gasteiger partial charge in [-0.1, -0.05) is 70.8 Å². The van der Waals surface area contributed by atoms with Crippen LogP contribution in [0.25, 0.3) is 11.4 Å². The number of nitrogens with zero attached hydrogens (tertiary/aromatic N) is 3. The Morgan fingerprint density at radius 2 is 2.03 bits per heavy atom. The number of anilines is 1. The molecular weight excluding hydrogens is 519 g/mol. The van der Waals surface area contributed by atoms with E-state index in [-0.39, 0.29) is 17.6 Å². The van der Waals surface area contributed by atoms with Gasteiger partial charge in [0.2, 0.25) is 5.91 Å². The molecule has 0 fully saturated rings. The molecule has 9 heteroatoms. The molecule has 0 unspecified atom stereocenters. The number of carbonyl (C=O) groups excluding carboxylic acids is 1. The molecule has 0 saturated carbocycles. The molecule has 1 N–H and O–H groups in total. The van der Waals surface area contributed by atoms with Crippen LogP contribution in [0, 0.1) is 0 Å². The highest BCUT2D eigenvalue weighted by molar-refractivity contribution is 9.10. The van der Waals surface area contributed by atoms with Gasteiger partial charge in [0.1, 0.15) is 0 Å². The molecule has 1 amide bonds. The number of allylic oxidation sites excluding steroid dienone is 1. The van der Waals surface area contributed by atoms with Gasteiger partial charge in [-0.2, -0.15) is 0 Å². The monoisotopic (exact) mass is 538 g/mol. The molecule has 162 valence electrons. The van der Waals surface area contributed by atoms with E-state index in [0.717, 1.165) is 15.7 Å². The molecule has 31 heavy (non-hydrogen) atoms. The molecule has 0 saturated heterocycles. The lowest BCUT2D eigenvalue weighted by Crippen LogP contribution is -2.16. The van der Waals surface area contributed by atoms with Crippen LogP contribution in [-0.4, -0.2) is 26.4 Å². The zero-order valence-electron chi connectivity index (χ0n) is 17.0. The Balaban J connectivity index is 1.77. The summed E-state index contributed by atoms with van der Waals surface area (Å²) in [6.07, 6.45) is 1.75. The Morgan fingerprint density at radius 3 is 2.71 bits per heavy atom. The molecule has 0 aliphatic carbocycles. The van der Waals surface area contributed by atoms with Crippen molar-refractivity contribution in [1.29, 1.82) is 0 Å². The van der Waals surface area contributed by atoms with E-state index in [1.807, 2.05) is 22.8 Å². The van der Waals surface area contributed by atoms with Crippen molar-refractivity contribution < 1.29 is 4.79 Å². The standard InChI is InChI=1S/C22H21BrCl2N4OS/c1-4-9-29-21(16-7-6-15(24)11-18(16)25)27-28-22(29)31-12-20(30)26-19-8-5-14(23)10-17(19)13(2)3/h4-8,10-11,13H,1,9,12H2,2-3H3,(H,26,30). The third-order valence-electron chi connectivity index (χ3n) is 4.44. The van der Waals surface area contributed by atoms with Crippen molar-refractivity contribution in [1.82, 2.24) is 14.8 Å². The van der Waals surface area contributed by atoms with Gasteiger partial charge < -0.3 is 5.32 Å². The van der Waals surface area contributed by atoms with Crippen LogP contribution in [0.15, 0.2) is 58.7 Å². The fourth-order valence-corrected chi connectivity index (χ4v) is 4.62. The fourth-order valence-electron chi connectivity index (χ4n) is 3.00. The van der Waals surface area contributed by atoms with E-state index in [9.17, 15) is 4.79 Å². The highest BCUT2D eigenvalue weighted by atomic mass is 79.9. The van der Waals surface area contributed by atoms with Crippen molar-refractivity contribution in [2.24, 2.45) is 0 Å². The van der Waals surface area contributed by atoms with E-state index in [1.165, 1.54) is 11.8 Å². The van der Waals surface area contributed by atoms with Crippen molar-refractivity contribution >= 4 is 62.5 Å². The number of carbonyl (C=O) groups is 1. The van der Waals surface area contributed by atoms with Crippen molar-refractivity contribution in [3.63, 3.8) is 0 Å². The topological polar surface area (TPSA) is 59.8 Å². The molecule has 2 aromatic carbocycles. The Hall–Kier alpha value is -1.80. The summed E-state index contributed by atoms with van der Waals surface area (Å²) in [4.78, 5) is 12.6. The highest BCUT2D eigenvalue weighted by Crippen LogP contribution is 2.32. The number of hydrogen-bond acceptors (Lipinski definition) is 4. The lowest BCUT2D eigenvalue weighted by Gasteiger charge is -2.14. The average molecular weight is 540 g/mol. The van der Waals surface area contributed by atoms with Crippen LogP contribution in [0.1, 0.15) is 25.3 Å². The Morgan fingerprint density at radius 1 is 1.26 bits per heavy atom. The van der Waals surface area contributed by atoms with Crippen LogP contribution >= 0.6 is 50.9 Å². The number of benzene rings is 2. The first-order valence-corrected chi connectivity index (χ1v) is 12.0. The summed E-state index contributed by atoms with van der Waals surface area (Å²) in [5.74, 6) is 0.952. The molecule has 1 aromatic heterocycles. The van der Waals surface area contributed by atoms with Gasteiger partial charge in [-0.3, -0.25) is 9.36 Å². The van der Waals surface area contributed by atoms with E-state index in [4.69, 9.17) is 23.2 Å². The smallest absolute Gasteiger partial charge is 0.234 e. The lowest BCUT2D eigenvalue weighted by molar-refractivity contribution is -0.113. The lowest BCUT2D eigenvalue weighted by atomic mass is 10.0. The van der Waals surface area contributed by atoms with Crippen molar-refractivity contribution in [2.45, 2.75) is 31.5 Å². The van der Waals surface area contributed by atoms with Gasteiger partial charge in [-0.05, 0) is 47.9 Å². The second-order valence-electron chi connectivity index (χ2n) is 7.05. The Labute approximate surface area is 204 Å². The maximum absolute atomic E-state index is 12.6. The predicted molar refractivity (Wildman–Crippen MR) is 133 cm³/mol. The number of hydrogen-bond donors (Lipinski definition) is 1. The summed E-state index contributed by atoms with van der Waals surface area (Å²) in [6.45, 7) is 8.47. The molecule has 3 rings (SSSR count). The largest absolute Gasteiger partial charge is 0.325 e. The van der Waals surface area contributed by atoms with E-state index < -0.39 is 0 Å². The quantitative estimate of drug-likeness (QED) is 0.246. The van der Waals surface area contributed by atoms with Gasteiger partial charge in [0.05, 0.1) is 10.8 Å². The van der Waals surface area contributed by atoms with E-state index in [0.29, 0.717) is 33.1 Å². The van der Waals surface area contributed by atoms with Crippen molar-refractivity contribution in [3.8, 4) is 11.4 Å². The molecule has 3 aromatic rings. The third kappa shape index (κ3) is 5.92. The molecule has 1 heterocycles. The minimum atomic E-state index is -0.117. The number of thioether (sulfide) groups is 1. The highest BCUT2D eigenvalue weighted by Gasteiger charge is 2.18. The minimum absolute atomic E-state index is 0.117. The molecule has 5 nitrogen and oxygen atoms in total. The van der Waals surface area contributed by atoms with Crippen LogP contribution in [0.4, 0.5) is 5.69 Å². The van der Waals surface area contributed by atoms with Crippen LogP contribution in [-0.2, 0) is 11.3 Å². The first-order chi connectivity index (χ1) is 14.8. The van der Waals surface area contributed by atoms with Crippen molar-refractivity contribution in [3.05, 3.63) is 69.1 Å². The number of nitrogens with one attached hydrogen (secondary N) is 1. The van der Waals surface area contributed by atoms with Crippen molar-refractivity contribution in [2.75, 3.05) is 11.1 Å². The predicted octanol–water partition coefficient (Wildman–Crippen LogP) is 7.05. The maximum Gasteiger partial charge on any atom is 0.234 e. The third-order valence-corrected chi connectivity index (χ3v) is 6.45. The average Bonchev–Trinajstić information content (AvgIpc) is 3.10. The molecule has 0 spiro atoms. The summed E-state index contributed by atoms with van der Waals surface area (Å²) in [5.41, 5.74) is 2.60.